The molecule has 8 heteroatoms. The molecule has 18 heavy (non-hydrogen) atoms. The van der Waals surface area contributed by atoms with Crippen molar-refractivity contribution in [3.63, 3.8) is 0 Å². The van der Waals surface area contributed by atoms with Gasteiger partial charge >= 0.3 is 0 Å². The van der Waals surface area contributed by atoms with Gasteiger partial charge in [0, 0.05) is 19.4 Å². The van der Waals surface area contributed by atoms with Crippen LogP contribution in [0.15, 0.2) is 26.5 Å². The van der Waals surface area contributed by atoms with Crippen molar-refractivity contribution < 1.29 is 17.6 Å². The number of hydrogen-bond acceptors (Lipinski definition) is 6. The fourth-order valence-electron chi connectivity index (χ4n) is 1.29. The molecule has 2 heterocycles. The lowest BCUT2D eigenvalue weighted by Gasteiger charge is -2.03. The molecule has 1 fully saturated rings. The van der Waals surface area contributed by atoms with Gasteiger partial charge in [-0.3, -0.25) is 9.69 Å². The van der Waals surface area contributed by atoms with Crippen molar-refractivity contribution in [2.45, 2.75) is 5.09 Å². The average Bonchev–Trinajstić information content (AvgIpc) is 2.81. The van der Waals surface area contributed by atoms with Crippen molar-refractivity contribution in [3.05, 3.63) is 22.8 Å². The van der Waals surface area contributed by atoms with Crippen LogP contribution in [-0.4, -0.2) is 36.8 Å². The fourth-order valence-corrected chi connectivity index (χ4v) is 3.01. The smallest absolute Gasteiger partial charge is 0.266 e. The van der Waals surface area contributed by atoms with Crippen LogP contribution in [0.1, 0.15) is 5.76 Å². The van der Waals surface area contributed by atoms with Gasteiger partial charge in [-0.25, -0.2) is 8.42 Å². The highest BCUT2D eigenvalue weighted by atomic mass is 32.2. The molecule has 1 saturated heterocycles. The monoisotopic (exact) mass is 303 g/mol. The van der Waals surface area contributed by atoms with Crippen LogP contribution in [0.2, 0.25) is 0 Å². The quantitative estimate of drug-likeness (QED) is 0.609. The number of sulfone groups is 1. The Balaban J connectivity index is 2.33. The summed E-state index contributed by atoms with van der Waals surface area (Å²) in [4.78, 5) is 13.5. The minimum atomic E-state index is -3.37. The molecule has 96 valence electrons. The first kappa shape index (κ1) is 13.3. The molecule has 0 aliphatic carbocycles. The summed E-state index contributed by atoms with van der Waals surface area (Å²) in [5, 5.41) is -0.124. The molecule has 2 rings (SSSR count). The van der Waals surface area contributed by atoms with E-state index >= 15 is 0 Å². The molecule has 0 saturated carbocycles. The van der Waals surface area contributed by atoms with Crippen molar-refractivity contribution in [1.82, 2.24) is 4.90 Å². The molecule has 1 aromatic rings. The highest BCUT2D eigenvalue weighted by Crippen LogP contribution is 2.31. The second-order valence-corrected chi connectivity index (χ2v) is 7.29. The van der Waals surface area contributed by atoms with Crippen LogP contribution in [0.4, 0.5) is 0 Å². The average molecular weight is 303 g/mol. The molecule has 0 bridgehead atoms. The van der Waals surface area contributed by atoms with Gasteiger partial charge in [0.2, 0.25) is 14.9 Å². The Morgan fingerprint density at radius 2 is 2.11 bits per heavy atom. The Hall–Kier alpha value is -1.12. The number of furan rings is 1. The molecule has 5 nitrogen and oxygen atoms in total. The Morgan fingerprint density at radius 1 is 1.44 bits per heavy atom. The minimum absolute atomic E-state index is 0.124. The van der Waals surface area contributed by atoms with E-state index in [-0.39, 0.29) is 11.0 Å². The van der Waals surface area contributed by atoms with Crippen LogP contribution in [0, 0.1) is 0 Å². The van der Waals surface area contributed by atoms with E-state index in [1.807, 2.05) is 0 Å². The van der Waals surface area contributed by atoms with Crippen LogP contribution in [-0.2, 0) is 14.6 Å². The number of carbonyl (C=O) groups excluding carboxylic acids is 1. The maximum atomic E-state index is 11.7. The van der Waals surface area contributed by atoms with E-state index in [1.54, 1.807) is 7.05 Å². The van der Waals surface area contributed by atoms with E-state index in [0.717, 1.165) is 18.0 Å². The van der Waals surface area contributed by atoms with Crippen LogP contribution in [0.5, 0.6) is 0 Å². The number of amides is 1. The van der Waals surface area contributed by atoms with Crippen molar-refractivity contribution in [2.75, 3.05) is 13.3 Å². The predicted molar refractivity (Wildman–Crippen MR) is 72.8 cm³/mol. The van der Waals surface area contributed by atoms with Gasteiger partial charge in [0.1, 0.15) is 10.1 Å². The SMILES string of the molecule is CN1C(=O)C(=Cc2ccc(S(C)(=O)=O)o2)SC1=S. The summed E-state index contributed by atoms with van der Waals surface area (Å²) >= 11 is 6.13. The lowest BCUT2D eigenvalue weighted by Crippen LogP contribution is -2.22. The summed E-state index contributed by atoms with van der Waals surface area (Å²) in [6, 6.07) is 2.85. The number of rotatable bonds is 2. The first-order valence-corrected chi connectivity index (χ1v) is 7.92. The topological polar surface area (TPSA) is 67.6 Å². The molecule has 1 aromatic heterocycles. The zero-order valence-electron chi connectivity index (χ0n) is 9.54. The second-order valence-electron chi connectivity index (χ2n) is 3.67. The van der Waals surface area contributed by atoms with E-state index in [4.69, 9.17) is 16.6 Å². The van der Waals surface area contributed by atoms with Gasteiger partial charge in [0.15, 0.2) is 0 Å². The predicted octanol–water partition coefficient (Wildman–Crippen LogP) is 1.51. The first-order chi connectivity index (χ1) is 8.29. The summed E-state index contributed by atoms with van der Waals surface area (Å²) in [5.41, 5.74) is 0. The first-order valence-electron chi connectivity index (χ1n) is 4.80. The Labute approximate surface area is 114 Å². The zero-order chi connectivity index (χ0) is 13.5. The molecule has 1 aliphatic rings. The Kier molecular flexibility index (Phi) is 3.35. The van der Waals surface area contributed by atoms with Gasteiger partial charge in [-0.1, -0.05) is 24.0 Å². The van der Waals surface area contributed by atoms with Crippen molar-refractivity contribution in [3.8, 4) is 0 Å². The third-order valence-electron chi connectivity index (χ3n) is 2.23. The fraction of sp³-hybridized carbons (Fsp3) is 0.200. The maximum Gasteiger partial charge on any atom is 0.266 e. The third kappa shape index (κ3) is 2.50. The van der Waals surface area contributed by atoms with Crippen molar-refractivity contribution >= 4 is 50.1 Å². The summed E-state index contributed by atoms with van der Waals surface area (Å²) in [7, 11) is -1.79. The standard InChI is InChI=1S/C10H9NO4S3/c1-11-9(12)7(17-10(11)16)5-6-3-4-8(15-6)18(2,13)14/h3-5H,1-2H3. The Bertz CT molecular complexity index is 656. The summed E-state index contributed by atoms with van der Waals surface area (Å²) < 4.78 is 28.1. The molecule has 0 radical (unpaired) electrons. The minimum Gasteiger partial charge on any atom is -0.445 e. The van der Waals surface area contributed by atoms with Crippen LogP contribution in [0.3, 0.4) is 0 Å². The molecule has 1 amide bonds. The largest absolute Gasteiger partial charge is 0.445 e. The Morgan fingerprint density at radius 3 is 2.56 bits per heavy atom. The number of thiocarbonyl (C=S) groups is 1. The van der Waals surface area contributed by atoms with E-state index < -0.39 is 9.84 Å². The molecular formula is C10H9NO4S3. The lowest BCUT2D eigenvalue weighted by atomic mass is 10.4. The van der Waals surface area contributed by atoms with Gasteiger partial charge < -0.3 is 4.42 Å². The molecule has 0 unspecified atom stereocenters. The highest BCUT2D eigenvalue weighted by molar-refractivity contribution is 8.26. The summed E-state index contributed by atoms with van der Waals surface area (Å²) in [6.45, 7) is 0. The van der Waals surface area contributed by atoms with Crippen molar-refractivity contribution in [2.24, 2.45) is 0 Å². The number of thioether (sulfide) groups is 1. The summed E-state index contributed by atoms with van der Waals surface area (Å²) in [6.07, 6.45) is 2.54. The van der Waals surface area contributed by atoms with E-state index in [1.165, 1.54) is 23.1 Å². The number of hydrogen-bond donors (Lipinski definition) is 0. The van der Waals surface area contributed by atoms with Crippen LogP contribution < -0.4 is 0 Å². The molecule has 0 spiro atoms. The van der Waals surface area contributed by atoms with Gasteiger partial charge in [0.05, 0.1) is 4.91 Å². The number of nitrogens with zero attached hydrogens (tertiary/aromatic N) is 1. The third-order valence-corrected chi connectivity index (χ3v) is 4.66. The molecule has 0 aromatic carbocycles. The lowest BCUT2D eigenvalue weighted by molar-refractivity contribution is -0.121. The van der Waals surface area contributed by atoms with Gasteiger partial charge in [-0.15, -0.1) is 0 Å². The van der Waals surface area contributed by atoms with Gasteiger partial charge in [-0.05, 0) is 12.1 Å². The van der Waals surface area contributed by atoms with Gasteiger partial charge in [-0.2, -0.15) is 0 Å². The molecule has 1 aliphatic heterocycles. The molecule has 0 atom stereocenters. The molecule has 0 N–H and O–H groups in total. The number of carbonyl (C=O) groups is 1. The van der Waals surface area contributed by atoms with E-state index in [0.29, 0.717) is 15.0 Å². The highest BCUT2D eigenvalue weighted by Gasteiger charge is 2.29. The van der Waals surface area contributed by atoms with Crippen LogP contribution >= 0.6 is 24.0 Å². The van der Waals surface area contributed by atoms with Crippen LogP contribution in [0.25, 0.3) is 6.08 Å². The number of likely N-dealkylation sites (N-methyl/N-ethyl adjacent to an activating group) is 1. The molecular weight excluding hydrogens is 294 g/mol. The van der Waals surface area contributed by atoms with E-state index in [9.17, 15) is 13.2 Å². The summed E-state index contributed by atoms with van der Waals surface area (Å²) in [5.74, 6) is 0.0895. The van der Waals surface area contributed by atoms with E-state index in [2.05, 4.69) is 0 Å². The van der Waals surface area contributed by atoms with Gasteiger partial charge in [0.25, 0.3) is 5.91 Å². The zero-order valence-corrected chi connectivity index (χ0v) is 12.0. The second kappa shape index (κ2) is 4.52. The maximum absolute atomic E-state index is 11.7. The van der Waals surface area contributed by atoms with Crippen molar-refractivity contribution in [1.29, 1.82) is 0 Å². The normalized spacial score (nSPS) is 19.0.